The molecule has 2 saturated heterocycles. The number of rotatable bonds is 4. The van der Waals surface area contributed by atoms with Crippen LogP contribution in [0.1, 0.15) is 33.6 Å². The molecule has 2 bridgehead atoms. The maximum Gasteiger partial charge on any atom is 0.392 e. The van der Waals surface area contributed by atoms with Crippen LogP contribution >= 0.6 is 0 Å². The first kappa shape index (κ1) is 29.0. The Morgan fingerprint density at radius 2 is 1.85 bits per heavy atom. The molecule has 5 aliphatic rings. The van der Waals surface area contributed by atoms with Gasteiger partial charge in [-0.3, -0.25) is 9.59 Å². The fraction of sp³-hybridized carbons (Fsp3) is 0.769. The highest BCUT2D eigenvalue weighted by Gasteiger charge is 2.85. The Bertz CT molecular complexity index is 1180. The molecule has 0 radical (unpaired) electrons. The molecular formula is C26H31F3O11. The average Bonchev–Trinajstić information content (AvgIpc) is 3.17. The minimum atomic E-state index is -4.73. The van der Waals surface area contributed by atoms with Gasteiger partial charge in [0.05, 0.1) is 38.1 Å². The predicted octanol–water partition coefficient (Wildman–Crippen LogP) is 0.224. The molecule has 0 aromatic rings. The molecule has 3 N–H and O–H groups in total. The fourth-order valence-electron chi connectivity index (χ4n) is 8.37. The highest BCUT2D eigenvalue weighted by molar-refractivity contribution is 5.96. The van der Waals surface area contributed by atoms with Crippen molar-refractivity contribution >= 4 is 23.7 Å². The molecule has 2 saturated carbocycles. The number of ketones is 1. The van der Waals surface area contributed by atoms with Crippen molar-refractivity contribution in [2.45, 2.75) is 75.9 Å². The van der Waals surface area contributed by atoms with E-state index in [2.05, 4.69) is 0 Å². The second-order valence-corrected chi connectivity index (χ2v) is 11.9. The molecule has 14 heteroatoms. The highest BCUT2D eigenvalue weighted by atomic mass is 19.4. The Kier molecular flexibility index (Phi) is 6.50. The van der Waals surface area contributed by atoms with E-state index >= 15 is 0 Å². The van der Waals surface area contributed by atoms with Crippen LogP contribution in [0, 0.1) is 34.5 Å². The summed E-state index contributed by atoms with van der Waals surface area (Å²) in [4.78, 5) is 52.2. The Morgan fingerprint density at radius 1 is 1.20 bits per heavy atom. The maximum atomic E-state index is 13.4. The summed E-state index contributed by atoms with van der Waals surface area (Å²) in [6, 6.07) is 0. The van der Waals surface area contributed by atoms with E-state index in [0.717, 1.165) is 14.0 Å². The summed E-state index contributed by atoms with van der Waals surface area (Å²) in [5.74, 6) is -10.0. The standard InChI is InChI=1S/C26H31F3O11/c1-9-5-12(30)19(33)23(3)11(9)7-13-24-8-38-25(22(36)37-4,20(34)15(32)17(23)24)18(24)16(21(35)39-13)40-14(31)6-10(2)26(27,28)29/h5,10-11,13,15-20,32-34H,6-8H2,1-4H3/t10?,11-,13+,15+,16+,17?,18+,19+,20-,23-,24+,25+/m0/s1. The third-order valence-corrected chi connectivity index (χ3v) is 10.1. The number of fused-ring (bicyclic) bond motifs is 2. The molecule has 5 rings (SSSR count). The van der Waals surface area contributed by atoms with Gasteiger partial charge < -0.3 is 34.3 Å². The van der Waals surface area contributed by atoms with Crippen LogP contribution < -0.4 is 0 Å². The highest BCUT2D eigenvalue weighted by Crippen LogP contribution is 2.72. The van der Waals surface area contributed by atoms with Gasteiger partial charge in [-0.25, -0.2) is 9.59 Å². The molecule has 2 heterocycles. The number of hydrogen-bond acceptors (Lipinski definition) is 11. The lowest BCUT2D eigenvalue weighted by molar-refractivity contribution is -0.298. The summed E-state index contributed by atoms with van der Waals surface area (Å²) in [6.45, 7) is 3.51. The zero-order chi connectivity index (χ0) is 29.7. The van der Waals surface area contributed by atoms with Crippen LogP contribution in [0.25, 0.3) is 0 Å². The molecule has 222 valence electrons. The van der Waals surface area contributed by atoms with Crippen LogP contribution in [-0.2, 0) is 38.1 Å². The van der Waals surface area contributed by atoms with Crippen molar-refractivity contribution in [1.29, 1.82) is 0 Å². The Balaban J connectivity index is 1.67. The minimum absolute atomic E-state index is 0.0249. The van der Waals surface area contributed by atoms with Gasteiger partial charge in [-0.2, -0.15) is 13.2 Å². The summed E-state index contributed by atoms with van der Waals surface area (Å²) < 4.78 is 61.2. The smallest absolute Gasteiger partial charge is 0.392 e. The third-order valence-electron chi connectivity index (χ3n) is 10.1. The van der Waals surface area contributed by atoms with E-state index in [1.165, 1.54) is 6.08 Å². The number of carbonyl (C=O) groups excluding carboxylic acids is 4. The number of aliphatic hydroxyl groups is 3. The van der Waals surface area contributed by atoms with Crippen LogP contribution in [0.3, 0.4) is 0 Å². The van der Waals surface area contributed by atoms with E-state index in [4.69, 9.17) is 18.9 Å². The molecule has 12 atom stereocenters. The van der Waals surface area contributed by atoms with Crippen LogP contribution in [0.15, 0.2) is 11.6 Å². The molecule has 0 aromatic carbocycles. The maximum absolute atomic E-state index is 13.4. The van der Waals surface area contributed by atoms with Crippen LogP contribution in [0.2, 0.25) is 0 Å². The van der Waals surface area contributed by atoms with E-state index in [-0.39, 0.29) is 6.42 Å². The number of methoxy groups -OCH3 is 1. The van der Waals surface area contributed by atoms with Crippen LogP contribution in [0.4, 0.5) is 13.2 Å². The van der Waals surface area contributed by atoms with Gasteiger partial charge in [0.1, 0.15) is 18.3 Å². The first-order valence-electron chi connectivity index (χ1n) is 12.9. The van der Waals surface area contributed by atoms with Crippen molar-refractivity contribution in [2.24, 2.45) is 34.5 Å². The van der Waals surface area contributed by atoms with E-state index in [1.807, 2.05) is 0 Å². The minimum Gasteiger partial charge on any atom is -0.467 e. The number of carbonyl (C=O) groups is 4. The van der Waals surface area contributed by atoms with Gasteiger partial charge in [-0.1, -0.05) is 19.4 Å². The van der Waals surface area contributed by atoms with Crippen molar-refractivity contribution in [1.82, 2.24) is 0 Å². The number of hydrogen-bond donors (Lipinski definition) is 3. The number of esters is 3. The summed E-state index contributed by atoms with van der Waals surface area (Å²) in [6.07, 6.45) is -13.3. The normalized spacial score (nSPS) is 46.4. The van der Waals surface area contributed by atoms with E-state index in [1.54, 1.807) is 13.8 Å². The summed E-state index contributed by atoms with van der Waals surface area (Å²) >= 11 is 0. The summed E-state index contributed by atoms with van der Waals surface area (Å²) in [5, 5.41) is 34.3. The summed E-state index contributed by atoms with van der Waals surface area (Å²) in [7, 11) is 0.969. The molecular weight excluding hydrogens is 545 g/mol. The van der Waals surface area contributed by atoms with Crippen LogP contribution in [-0.4, -0.2) is 95.0 Å². The number of halogens is 3. The molecule has 0 aromatic heterocycles. The predicted molar refractivity (Wildman–Crippen MR) is 123 cm³/mol. The molecule has 0 amide bonds. The zero-order valence-electron chi connectivity index (χ0n) is 22.1. The number of alkyl halides is 3. The largest absolute Gasteiger partial charge is 0.467 e. The zero-order valence-corrected chi connectivity index (χ0v) is 22.1. The van der Waals surface area contributed by atoms with Gasteiger partial charge in [0, 0.05) is 16.7 Å². The Labute approximate surface area is 226 Å². The lowest BCUT2D eigenvalue weighted by Crippen LogP contribution is -2.80. The van der Waals surface area contributed by atoms with Crippen molar-refractivity contribution in [3.8, 4) is 0 Å². The Morgan fingerprint density at radius 3 is 2.45 bits per heavy atom. The molecule has 3 aliphatic carbocycles. The van der Waals surface area contributed by atoms with Gasteiger partial charge in [-0.05, 0) is 25.3 Å². The van der Waals surface area contributed by atoms with E-state index in [9.17, 15) is 47.7 Å². The van der Waals surface area contributed by atoms with Gasteiger partial charge in [0.15, 0.2) is 5.78 Å². The van der Waals surface area contributed by atoms with E-state index in [0.29, 0.717) is 5.57 Å². The first-order valence-corrected chi connectivity index (χ1v) is 12.9. The van der Waals surface area contributed by atoms with Gasteiger partial charge in [-0.15, -0.1) is 0 Å². The van der Waals surface area contributed by atoms with Crippen molar-refractivity contribution in [3.63, 3.8) is 0 Å². The average molecular weight is 577 g/mol. The quantitative estimate of drug-likeness (QED) is 0.310. The lowest BCUT2D eigenvalue weighted by Gasteiger charge is -2.67. The third kappa shape index (κ3) is 3.45. The SMILES string of the molecule is COC(=O)[C@]12OC[C@]34C([C@@H](O)[C@@H]1O)[C@@]1(C)[C@H](O)C(=O)C=C(C)[C@@H]1C[C@H]3OC(=O)[C@H](OC(=O)CC(C)C(F)(F)F)[C@@H]24. The van der Waals surface area contributed by atoms with Crippen molar-refractivity contribution in [2.75, 3.05) is 13.7 Å². The molecule has 40 heavy (non-hydrogen) atoms. The lowest BCUT2D eigenvalue weighted by atomic mass is 9.38. The van der Waals surface area contributed by atoms with Crippen molar-refractivity contribution in [3.05, 3.63) is 11.6 Å². The van der Waals surface area contributed by atoms with Gasteiger partial charge >= 0.3 is 24.1 Å². The first-order chi connectivity index (χ1) is 18.5. The second kappa shape index (κ2) is 8.97. The van der Waals surface area contributed by atoms with Gasteiger partial charge in [0.2, 0.25) is 11.7 Å². The molecule has 2 unspecified atom stereocenters. The molecule has 4 fully saturated rings. The van der Waals surface area contributed by atoms with E-state index < -0.39 is 114 Å². The second-order valence-electron chi connectivity index (χ2n) is 11.9. The topological polar surface area (TPSA) is 166 Å². The fourth-order valence-corrected chi connectivity index (χ4v) is 8.37. The van der Waals surface area contributed by atoms with Gasteiger partial charge in [0.25, 0.3) is 0 Å². The summed E-state index contributed by atoms with van der Waals surface area (Å²) in [5.41, 5.74) is -5.00. The monoisotopic (exact) mass is 576 g/mol. The number of allylic oxidation sites excluding steroid dienone is 1. The Hall–Kier alpha value is -2.55. The molecule has 11 nitrogen and oxygen atoms in total. The number of ether oxygens (including phenoxy) is 4. The van der Waals surface area contributed by atoms with Crippen molar-refractivity contribution < 1.29 is 66.6 Å². The van der Waals surface area contributed by atoms with Crippen LogP contribution in [0.5, 0.6) is 0 Å². The molecule has 1 spiro atoms. The number of aliphatic hydroxyl groups excluding tert-OH is 3. The molecule has 2 aliphatic heterocycles.